The Labute approximate surface area is 370 Å². The van der Waals surface area contributed by atoms with Gasteiger partial charge in [0.2, 0.25) is 23.7 Å². The van der Waals surface area contributed by atoms with Crippen molar-refractivity contribution in [3.63, 3.8) is 0 Å². The average molecular weight is 874 g/mol. The zero-order valence-electron chi connectivity index (χ0n) is 37.3. The number of fused-ring (bicyclic) bond motifs is 2. The first-order valence-corrected chi connectivity index (χ1v) is 20.7. The second kappa shape index (κ2) is 21.2. The summed E-state index contributed by atoms with van der Waals surface area (Å²) < 4.78 is 17.1. The average Bonchev–Trinajstić information content (AvgIpc) is 3.95. The first-order valence-electron chi connectivity index (χ1n) is 20.7. The van der Waals surface area contributed by atoms with Gasteiger partial charge in [0.05, 0.1) is 23.8 Å². The molecule has 3 aromatic heterocycles. The SMILES string of the molecule is CC.CCN=C(/C=C(/C)N)C(=O)Nc1nc2cc(C(N)=O)cc(OC)c2n1C/C=C/Cn1c(NC(=O)c2cc(C)nn2CC)nc2cc(C(N)=O)cc(OCc3cccc(NC)c3)c21. The van der Waals surface area contributed by atoms with Crippen molar-refractivity contribution in [2.75, 3.05) is 36.7 Å². The maximum absolute atomic E-state index is 13.8. The fourth-order valence-electron chi connectivity index (χ4n) is 6.76. The fourth-order valence-corrected chi connectivity index (χ4v) is 6.76. The number of hydrogen-bond acceptors (Lipinski definition) is 12. The van der Waals surface area contributed by atoms with Crippen molar-refractivity contribution in [3.8, 4) is 11.5 Å². The molecule has 6 rings (SSSR count). The number of allylic oxidation sites excluding steroid dienone is 3. The molecule has 3 aromatic carbocycles. The zero-order chi connectivity index (χ0) is 46.7. The lowest BCUT2D eigenvalue weighted by Gasteiger charge is -2.14. The van der Waals surface area contributed by atoms with E-state index < -0.39 is 23.6 Å². The number of methoxy groups -OCH3 is 1. The van der Waals surface area contributed by atoms with Gasteiger partial charge >= 0.3 is 0 Å². The van der Waals surface area contributed by atoms with E-state index in [0.29, 0.717) is 58.0 Å². The van der Waals surface area contributed by atoms with E-state index in [1.807, 2.05) is 64.2 Å². The van der Waals surface area contributed by atoms with Gasteiger partial charge in [-0.15, -0.1) is 0 Å². The molecule has 0 fully saturated rings. The third-order valence-corrected chi connectivity index (χ3v) is 9.57. The predicted octanol–water partition coefficient (Wildman–Crippen LogP) is 5.53. The normalized spacial score (nSPS) is 11.7. The van der Waals surface area contributed by atoms with Crippen LogP contribution >= 0.6 is 0 Å². The standard InChI is InChI=1S/C43H49N13O6.C2H6/c1-7-48-32(16-24(3)44)40(59)51-42-49-30-19-27(38(45)57)21-34(61-6)36(30)54(42)14-9-10-15-55-37-31(50-43(55)52-41(60)33-17-25(4)53-56(33)8-2)20-28(39(46)58)22-35(37)62-23-26-12-11-13-29(18-26)47-5;1-2/h9-13,16-22,47H,7-8,14-15,23,44H2,1-6H3,(H2,45,57)(H2,46,58)(H,49,51,59)(H,50,52,60);1-2H3/b10-9+,24-16-,48-32?;. The molecule has 0 aliphatic rings. The van der Waals surface area contributed by atoms with Crippen LogP contribution in [0.25, 0.3) is 22.1 Å². The van der Waals surface area contributed by atoms with Crippen LogP contribution in [0.1, 0.15) is 77.1 Å². The lowest BCUT2D eigenvalue weighted by Crippen LogP contribution is -2.24. The van der Waals surface area contributed by atoms with Gasteiger partial charge in [-0.3, -0.25) is 39.5 Å². The van der Waals surface area contributed by atoms with Crippen LogP contribution in [-0.4, -0.2) is 78.9 Å². The Hall–Kier alpha value is -7.96. The van der Waals surface area contributed by atoms with Crippen LogP contribution in [0.2, 0.25) is 0 Å². The smallest absolute Gasteiger partial charge is 0.276 e. The summed E-state index contributed by atoms with van der Waals surface area (Å²) in [7, 11) is 3.26. The first-order chi connectivity index (χ1) is 30.7. The van der Waals surface area contributed by atoms with Crippen LogP contribution in [0.3, 0.4) is 0 Å². The van der Waals surface area contributed by atoms with E-state index in [2.05, 4.69) is 31.0 Å². The molecule has 0 radical (unpaired) electrons. The number of anilines is 3. The summed E-state index contributed by atoms with van der Waals surface area (Å²) in [6.45, 7) is 12.3. The van der Waals surface area contributed by atoms with E-state index in [-0.39, 0.29) is 54.2 Å². The topological polar surface area (TPSA) is 267 Å². The number of carbonyl (C=O) groups is 4. The highest BCUT2D eigenvalue weighted by Gasteiger charge is 2.23. The van der Waals surface area contributed by atoms with E-state index in [1.165, 1.54) is 25.3 Å². The first kappa shape index (κ1) is 47.1. The van der Waals surface area contributed by atoms with Crippen LogP contribution in [0.5, 0.6) is 11.5 Å². The van der Waals surface area contributed by atoms with Crippen molar-refractivity contribution >= 4 is 69.0 Å². The number of amides is 4. The molecule has 0 saturated carbocycles. The monoisotopic (exact) mass is 873 g/mol. The number of aryl methyl sites for hydroxylation is 2. The van der Waals surface area contributed by atoms with Gasteiger partial charge in [-0.25, -0.2) is 9.97 Å². The molecule has 0 saturated heterocycles. The van der Waals surface area contributed by atoms with Crippen LogP contribution in [0, 0.1) is 6.92 Å². The number of imidazole rings is 2. The molecule has 4 amide bonds. The molecule has 6 aromatic rings. The number of aromatic nitrogens is 6. The molecule has 0 aliphatic heterocycles. The minimum Gasteiger partial charge on any atom is -0.494 e. The molecule has 64 heavy (non-hydrogen) atoms. The molecular weight excluding hydrogens is 819 g/mol. The number of nitrogens with zero attached hydrogens (tertiary/aromatic N) is 7. The summed E-state index contributed by atoms with van der Waals surface area (Å²) >= 11 is 0. The van der Waals surface area contributed by atoms with Crippen LogP contribution < -0.4 is 42.6 Å². The van der Waals surface area contributed by atoms with Crippen molar-refractivity contribution in [2.45, 2.75) is 67.8 Å². The summed E-state index contributed by atoms with van der Waals surface area (Å²) in [5.41, 5.74) is 22.5. The van der Waals surface area contributed by atoms with Gasteiger partial charge in [0.15, 0.2) is 0 Å². The molecule has 336 valence electrons. The van der Waals surface area contributed by atoms with E-state index in [4.69, 9.17) is 31.7 Å². The Morgan fingerprint density at radius 3 is 1.97 bits per heavy atom. The van der Waals surface area contributed by atoms with Gasteiger partial charge in [-0.2, -0.15) is 5.10 Å². The molecule has 0 aliphatic carbocycles. The van der Waals surface area contributed by atoms with Crippen molar-refractivity contribution < 1.29 is 28.7 Å². The molecule has 0 spiro atoms. The highest BCUT2D eigenvalue weighted by molar-refractivity contribution is 6.47. The van der Waals surface area contributed by atoms with Crippen molar-refractivity contribution in [1.29, 1.82) is 0 Å². The lowest BCUT2D eigenvalue weighted by molar-refractivity contribution is -0.110. The Kier molecular flexibility index (Phi) is 15.6. The summed E-state index contributed by atoms with van der Waals surface area (Å²) in [6, 6.07) is 15.4. The van der Waals surface area contributed by atoms with E-state index >= 15 is 0 Å². The molecule has 0 atom stereocenters. The molecule has 0 unspecified atom stereocenters. The zero-order valence-corrected chi connectivity index (χ0v) is 37.3. The number of ether oxygens (including phenoxy) is 2. The quantitative estimate of drug-likeness (QED) is 0.0461. The van der Waals surface area contributed by atoms with Crippen molar-refractivity contribution in [3.05, 3.63) is 107 Å². The molecule has 19 nitrogen and oxygen atoms in total. The van der Waals surface area contributed by atoms with E-state index in [9.17, 15) is 19.2 Å². The number of primary amides is 2. The number of aliphatic imine (C=N–C) groups is 1. The summed E-state index contributed by atoms with van der Waals surface area (Å²) in [5, 5.41) is 13.3. The van der Waals surface area contributed by atoms with E-state index in [0.717, 1.165) is 11.3 Å². The molecule has 19 heteroatoms. The molecular formula is C45H55N13O6. The molecule has 3 heterocycles. The Morgan fingerprint density at radius 2 is 1.42 bits per heavy atom. The Morgan fingerprint density at radius 1 is 0.828 bits per heavy atom. The van der Waals surface area contributed by atoms with Crippen molar-refractivity contribution in [2.24, 2.45) is 22.2 Å². The summed E-state index contributed by atoms with van der Waals surface area (Å²) in [4.78, 5) is 65.9. The third-order valence-electron chi connectivity index (χ3n) is 9.57. The number of hydrogen-bond donors (Lipinski definition) is 6. The Bertz CT molecular complexity index is 2790. The van der Waals surface area contributed by atoms with E-state index in [1.54, 1.807) is 52.8 Å². The minimum atomic E-state index is -0.688. The lowest BCUT2D eigenvalue weighted by atomic mass is 10.1. The van der Waals surface area contributed by atoms with Gasteiger partial charge in [-0.1, -0.05) is 38.1 Å². The van der Waals surface area contributed by atoms with Gasteiger partial charge in [0, 0.05) is 55.7 Å². The number of nitrogens with two attached hydrogens (primary N) is 3. The Balaban J connectivity index is 0.00000380. The third kappa shape index (κ3) is 10.7. The fraction of sp³-hybridized carbons (Fsp3) is 0.289. The van der Waals surface area contributed by atoms with Gasteiger partial charge in [0.25, 0.3) is 11.8 Å². The maximum atomic E-state index is 13.8. The van der Waals surface area contributed by atoms with Gasteiger partial charge in [-0.05, 0) is 81.8 Å². The van der Waals surface area contributed by atoms with Crippen molar-refractivity contribution in [1.82, 2.24) is 28.9 Å². The largest absolute Gasteiger partial charge is 0.494 e. The van der Waals surface area contributed by atoms with Crippen LogP contribution in [-0.2, 0) is 31.0 Å². The molecule has 9 N–H and O–H groups in total. The van der Waals surface area contributed by atoms with Gasteiger partial charge in [0.1, 0.15) is 40.5 Å². The summed E-state index contributed by atoms with van der Waals surface area (Å²) in [5.74, 6) is -1.51. The van der Waals surface area contributed by atoms with Crippen LogP contribution in [0.4, 0.5) is 17.6 Å². The number of carbonyl (C=O) groups excluding carboxylic acids is 4. The van der Waals surface area contributed by atoms with Gasteiger partial charge < -0.3 is 41.1 Å². The number of rotatable bonds is 18. The predicted molar refractivity (Wildman–Crippen MR) is 249 cm³/mol. The highest BCUT2D eigenvalue weighted by atomic mass is 16.5. The number of benzene rings is 3. The van der Waals surface area contributed by atoms with Crippen LogP contribution in [0.15, 0.2) is 83.5 Å². The second-order valence-electron chi connectivity index (χ2n) is 14.1. The number of nitrogens with one attached hydrogen (secondary N) is 3. The highest BCUT2D eigenvalue weighted by Crippen LogP contribution is 2.33. The summed E-state index contributed by atoms with van der Waals surface area (Å²) in [6.07, 6.45) is 5.10. The maximum Gasteiger partial charge on any atom is 0.276 e. The minimum absolute atomic E-state index is 0.0948. The second-order valence-corrected chi connectivity index (χ2v) is 14.1. The molecule has 0 bridgehead atoms.